The van der Waals surface area contributed by atoms with Gasteiger partial charge in [0.15, 0.2) is 10.9 Å². The van der Waals surface area contributed by atoms with Gasteiger partial charge in [-0.2, -0.15) is 4.40 Å². The number of quaternary nitrogens is 1. The monoisotopic (exact) mass is 598 g/mol. The van der Waals surface area contributed by atoms with Gasteiger partial charge in [0.1, 0.15) is 10.3 Å². The summed E-state index contributed by atoms with van der Waals surface area (Å²) in [6, 6.07) is 49.9. The minimum Gasteiger partial charge on any atom is -0.217 e. The molecule has 13 rings (SSSR count). The minimum absolute atomic E-state index is 0.448. The number of aromatic nitrogens is 4. The zero-order valence-electron chi connectivity index (χ0n) is 25.1. The van der Waals surface area contributed by atoms with Gasteiger partial charge < -0.3 is 0 Å². The topological polar surface area (TPSA) is 25.1 Å². The van der Waals surface area contributed by atoms with Crippen molar-refractivity contribution in [3.05, 3.63) is 168 Å². The number of hydrogen-bond acceptors (Lipinski definition) is 1. The van der Waals surface area contributed by atoms with Crippen LogP contribution in [0.1, 0.15) is 22.3 Å². The predicted molar refractivity (Wildman–Crippen MR) is 183 cm³/mol. The fourth-order valence-electron chi connectivity index (χ4n) is 10.2. The summed E-state index contributed by atoms with van der Waals surface area (Å²) in [5.74, 6) is 0. The lowest BCUT2D eigenvalue weighted by molar-refractivity contribution is -1.01. The van der Waals surface area contributed by atoms with Crippen LogP contribution in [0.4, 0.5) is 11.4 Å². The van der Waals surface area contributed by atoms with Crippen LogP contribution in [0.15, 0.2) is 146 Å². The number of imidazole rings is 1. The van der Waals surface area contributed by atoms with Crippen molar-refractivity contribution < 1.29 is 9.35 Å². The number of hydrogen-bond donors (Lipinski definition) is 0. The average Bonchev–Trinajstić information content (AvgIpc) is 3.83. The number of para-hydroxylation sites is 3. The lowest BCUT2D eigenvalue weighted by atomic mass is 9.64. The molecule has 0 fully saturated rings. The van der Waals surface area contributed by atoms with Gasteiger partial charge in [0.25, 0.3) is 17.1 Å². The van der Waals surface area contributed by atoms with E-state index in [1.807, 2.05) is 6.20 Å². The second-order valence-corrected chi connectivity index (χ2v) is 13.3. The largest absolute Gasteiger partial charge is 0.361 e. The van der Waals surface area contributed by atoms with Crippen LogP contribution < -0.4 is 14.1 Å². The summed E-state index contributed by atoms with van der Waals surface area (Å²) >= 11 is 0. The first-order chi connectivity index (χ1) is 23.4. The molecule has 9 aromatic rings. The first-order valence-electron chi connectivity index (χ1n) is 16.3. The lowest BCUT2D eigenvalue weighted by Gasteiger charge is -2.39. The summed E-state index contributed by atoms with van der Waals surface area (Å²) in [6.45, 7) is 0. The van der Waals surface area contributed by atoms with Crippen molar-refractivity contribution in [2.45, 2.75) is 5.41 Å². The van der Waals surface area contributed by atoms with Crippen LogP contribution in [0.3, 0.4) is 0 Å². The third-order valence-corrected chi connectivity index (χ3v) is 11.6. The molecule has 5 aromatic carbocycles. The SMILES string of the molecule is c1ccc2c(c1)-c1ccccc1C21c2cccc3c2[N+]2(c4c1ccc1c5cccnc5n5c6ccccc6[n+]2c5c41)[n+]1ccccc1-3. The number of pyridine rings is 3. The highest BCUT2D eigenvalue weighted by Crippen LogP contribution is 2.67. The molecule has 2 spiro atoms. The Morgan fingerprint density at radius 1 is 0.574 bits per heavy atom. The summed E-state index contributed by atoms with van der Waals surface area (Å²) < 4.78 is 7.98. The molecule has 3 aliphatic heterocycles. The molecule has 5 nitrogen and oxygen atoms in total. The van der Waals surface area contributed by atoms with Gasteiger partial charge in [-0.15, -0.1) is 0 Å². The lowest BCUT2D eigenvalue weighted by Crippen LogP contribution is -2.82. The van der Waals surface area contributed by atoms with Crippen LogP contribution in [-0.4, -0.2) is 9.38 Å². The Labute approximate surface area is 268 Å². The second kappa shape index (κ2) is 7.28. The van der Waals surface area contributed by atoms with Gasteiger partial charge in [-0.05, 0) is 58.7 Å². The molecule has 5 heteroatoms. The summed E-state index contributed by atoms with van der Waals surface area (Å²) in [4.78, 5) is 5.05. The van der Waals surface area contributed by atoms with Crippen molar-refractivity contribution in [1.82, 2.24) is 14.1 Å². The molecule has 1 unspecified atom stereocenters. The zero-order valence-corrected chi connectivity index (χ0v) is 25.1. The fraction of sp³-hybridized carbons (Fsp3) is 0.0238. The molecular formula is C42H24N5+3. The van der Waals surface area contributed by atoms with Crippen LogP contribution in [0.5, 0.6) is 0 Å². The van der Waals surface area contributed by atoms with Gasteiger partial charge in [0, 0.05) is 44.2 Å². The minimum atomic E-state index is -0.479. The molecule has 1 atom stereocenters. The summed E-state index contributed by atoms with van der Waals surface area (Å²) in [7, 11) is 0. The molecule has 47 heavy (non-hydrogen) atoms. The molecule has 0 saturated carbocycles. The van der Waals surface area contributed by atoms with Crippen LogP contribution in [0.2, 0.25) is 0 Å². The third kappa shape index (κ3) is 2.12. The average molecular weight is 599 g/mol. The van der Waals surface area contributed by atoms with E-state index in [2.05, 4.69) is 153 Å². The molecule has 4 aromatic heterocycles. The summed E-state index contributed by atoms with van der Waals surface area (Å²) in [6.07, 6.45) is 4.21. The highest BCUT2D eigenvalue weighted by molar-refractivity contribution is 6.19. The van der Waals surface area contributed by atoms with Gasteiger partial charge in [-0.3, -0.25) is 0 Å². The third-order valence-electron chi connectivity index (χ3n) is 11.6. The molecular weight excluding hydrogens is 574 g/mol. The van der Waals surface area contributed by atoms with Gasteiger partial charge in [-0.1, -0.05) is 84.9 Å². The standard InChI is InChI=1S/C42H24N5/c1-3-15-30-25(11-1)26-12-2-4-16-31(26)42(30)32-17-9-13-29-34-18-7-8-24-44(34)47(38(29)32)39-33(42)22-21-27-28-14-10-23-43-40(28)45-35-19-5-6-20-36(35)46(47)41(45)37(27)39/h1-24H/q+3. The molecule has 1 aliphatic carbocycles. The van der Waals surface area contributed by atoms with E-state index in [1.165, 1.54) is 83.3 Å². The van der Waals surface area contributed by atoms with E-state index < -0.39 is 5.41 Å². The van der Waals surface area contributed by atoms with E-state index in [0.29, 0.717) is 4.70 Å². The molecule has 0 bridgehead atoms. The molecule has 0 N–H and O–H groups in total. The zero-order chi connectivity index (χ0) is 30.2. The van der Waals surface area contributed by atoms with Crippen molar-refractivity contribution in [2.75, 3.05) is 0 Å². The summed E-state index contributed by atoms with van der Waals surface area (Å²) in [5, 5.41) is 3.71. The van der Waals surface area contributed by atoms with Crippen molar-refractivity contribution in [3.63, 3.8) is 0 Å². The Morgan fingerprint density at radius 3 is 2.17 bits per heavy atom. The molecule has 0 amide bonds. The molecule has 7 heterocycles. The van der Waals surface area contributed by atoms with E-state index in [0.717, 1.165) is 11.2 Å². The Kier molecular flexibility index (Phi) is 3.59. The van der Waals surface area contributed by atoms with E-state index in [9.17, 15) is 0 Å². The van der Waals surface area contributed by atoms with Crippen molar-refractivity contribution in [3.8, 4) is 22.4 Å². The molecule has 0 saturated heterocycles. The molecule has 0 radical (unpaired) electrons. The number of benzene rings is 5. The maximum Gasteiger partial charge on any atom is 0.361 e. The Hall–Kier alpha value is -6.17. The maximum absolute atomic E-state index is 5.05. The fourth-order valence-corrected chi connectivity index (χ4v) is 10.2. The van der Waals surface area contributed by atoms with Crippen molar-refractivity contribution >= 4 is 49.9 Å². The Morgan fingerprint density at radius 2 is 1.30 bits per heavy atom. The Balaban J connectivity index is 1.40. The first kappa shape index (κ1) is 23.2. The van der Waals surface area contributed by atoms with E-state index >= 15 is 0 Å². The van der Waals surface area contributed by atoms with Gasteiger partial charge in [-0.25, -0.2) is 4.98 Å². The van der Waals surface area contributed by atoms with Crippen LogP contribution in [-0.2, 0) is 5.41 Å². The number of rotatable bonds is 0. The second-order valence-electron chi connectivity index (χ2n) is 13.3. The Bertz CT molecular complexity index is 2940. The highest BCUT2D eigenvalue weighted by atomic mass is 15.9. The maximum atomic E-state index is 5.05. The van der Waals surface area contributed by atoms with Crippen molar-refractivity contribution in [2.24, 2.45) is 0 Å². The van der Waals surface area contributed by atoms with Crippen LogP contribution >= 0.6 is 0 Å². The summed E-state index contributed by atoms with van der Waals surface area (Å²) in [5.41, 5.74) is 17.2. The van der Waals surface area contributed by atoms with Crippen molar-refractivity contribution in [1.29, 1.82) is 0 Å². The quantitative estimate of drug-likeness (QED) is 0.0990. The number of nitrogens with zero attached hydrogens (tertiary/aromatic N) is 5. The predicted octanol–water partition coefficient (Wildman–Crippen LogP) is 7.90. The number of fused-ring (bicyclic) bond motifs is 15. The molecule has 4 aliphatic rings. The van der Waals surface area contributed by atoms with Crippen LogP contribution in [0, 0.1) is 0 Å². The van der Waals surface area contributed by atoms with Crippen LogP contribution in [0.25, 0.3) is 60.9 Å². The highest BCUT2D eigenvalue weighted by Gasteiger charge is 2.74. The van der Waals surface area contributed by atoms with Gasteiger partial charge >= 0.3 is 5.65 Å². The smallest absolute Gasteiger partial charge is 0.217 e. The van der Waals surface area contributed by atoms with E-state index in [-0.39, 0.29) is 0 Å². The van der Waals surface area contributed by atoms with Gasteiger partial charge in [0.05, 0.1) is 10.8 Å². The normalized spacial score (nSPS) is 18.0. The van der Waals surface area contributed by atoms with E-state index in [1.54, 1.807) is 0 Å². The first-order valence-corrected chi connectivity index (χ1v) is 16.3. The van der Waals surface area contributed by atoms with E-state index in [4.69, 9.17) is 4.98 Å². The van der Waals surface area contributed by atoms with Gasteiger partial charge in [0.2, 0.25) is 17.4 Å². The molecule has 214 valence electrons.